The first-order chi connectivity index (χ1) is 7.69. The lowest BCUT2D eigenvalue weighted by Gasteiger charge is -2.26. The number of alkyl halides is 1. The number of aromatic nitrogens is 3. The molecule has 0 spiro atoms. The van der Waals surface area contributed by atoms with E-state index in [1.165, 1.54) is 12.8 Å². The number of rotatable bonds is 6. The molecule has 0 radical (unpaired) electrons. The summed E-state index contributed by atoms with van der Waals surface area (Å²) in [5, 5.41) is 4.27. The zero-order chi connectivity index (χ0) is 11.6. The van der Waals surface area contributed by atoms with Crippen molar-refractivity contribution < 1.29 is 0 Å². The van der Waals surface area contributed by atoms with Crippen LogP contribution in [0.2, 0.25) is 0 Å². The van der Waals surface area contributed by atoms with Crippen molar-refractivity contribution in [3.05, 3.63) is 12.2 Å². The summed E-state index contributed by atoms with van der Waals surface area (Å²) >= 11 is 6.13. The van der Waals surface area contributed by atoms with Crippen LogP contribution >= 0.6 is 11.6 Å². The van der Waals surface area contributed by atoms with Gasteiger partial charge in [0.2, 0.25) is 0 Å². The molecule has 1 saturated carbocycles. The summed E-state index contributed by atoms with van der Waals surface area (Å²) in [7, 11) is 0. The molecule has 1 unspecified atom stereocenters. The van der Waals surface area contributed by atoms with Gasteiger partial charge in [0.1, 0.15) is 12.2 Å². The van der Waals surface area contributed by atoms with E-state index in [4.69, 9.17) is 11.6 Å². The van der Waals surface area contributed by atoms with Gasteiger partial charge in [0.15, 0.2) is 0 Å². The summed E-state index contributed by atoms with van der Waals surface area (Å²) < 4.78 is 2.02. The van der Waals surface area contributed by atoms with Crippen molar-refractivity contribution in [2.75, 3.05) is 5.88 Å². The Morgan fingerprint density at radius 3 is 2.88 bits per heavy atom. The molecule has 1 heterocycles. The molecular formula is C12H20ClN3. The van der Waals surface area contributed by atoms with Crippen molar-refractivity contribution in [3.8, 4) is 0 Å². The van der Waals surface area contributed by atoms with Gasteiger partial charge in [-0.2, -0.15) is 5.10 Å². The molecule has 4 heteroatoms. The van der Waals surface area contributed by atoms with Gasteiger partial charge in [0.05, 0.1) is 0 Å². The van der Waals surface area contributed by atoms with Crippen LogP contribution in [0.3, 0.4) is 0 Å². The molecule has 16 heavy (non-hydrogen) atoms. The number of halogens is 1. The lowest BCUT2D eigenvalue weighted by atomic mass is 9.83. The Morgan fingerprint density at radius 2 is 2.31 bits per heavy atom. The SMILES string of the molecule is CCCn1ncnc1CC(C)(CCl)C1CC1. The van der Waals surface area contributed by atoms with Gasteiger partial charge >= 0.3 is 0 Å². The van der Waals surface area contributed by atoms with Crippen LogP contribution < -0.4 is 0 Å². The zero-order valence-electron chi connectivity index (χ0n) is 10.1. The van der Waals surface area contributed by atoms with E-state index in [1.54, 1.807) is 6.33 Å². The Kier molecular flexibility index (Phi) is 3.53. The fourth-order valence-corrected chi connectivity index (χ4v) is 2.58. The Labute approximate surface area is 102 Å². The van der Waals surface area contributed by atoms with Gasteiger partial charge in [-0.15, -0.1) is 11.6 Å². The molecule has 1 fully saturated rings. The van der Waals surface area contributed by atoms with Gasteiger partial charge in [-0.05, 0) is 30.6 Å². The van der Waals surface area contributed by atoms with E-state index in [-0.39, 0.29) is 5.41 Å². The molecule has 1 aromatic heterocycles. The van der Waals surface area contributed by atoms with Crippen molar-refractivity contribution in [2.24, 2.45) is 11.3 Å². The molecule has 1 atom stereocenters. The highest BCUT2D eigenvalue weighted by atomic mass is 35.5. The normalized spacial score (nSPS) is 19.7. The van der Waals surface area contributed by atoms with E-state index in [0.717, 1.165) is 37.0 Å². The fraction of sp³-hybridized carbons (Fsp3) is 0.833. The largest absolute Gasteiger partial charge is 0.250 e. The van der Waals surface area contributed by atoms with Crippen LogP contribution in [-0.4, -0.2) is 20.6 Å². The second-order valence-corrected chi connectivity index (χ2v) is 5.41. The average Bonchev–Trinajstić information content (AvgIpc) is 3.05. The van der Waals surface area contributed by atoms with Crippen LogP contribution in [0.25, 0.3) is 0 Å². The standard InChI is InChI=1S/C12H20ClN3/c1-3-6-16-11(14-9-15-16)7-12(2,8-13)10-4-5-10/h9-10H,3-8H2,1-2H3. The molecule has 1 aliphatic carbocycles. The summed E-state index contributed by atoms with van der Waals surface area (Å²) in [4.78, 5) is 4.37. The van der Waals surface area contributed by atoms with E-state index in [2.05, 4.69) is 23.9 Å². The second-order valence-electron chi connectivity index (χ2n) is 5.14. The van der Waals surface area contributed by atoms with Crippen LogP contribution in [0.15, 0.2) is 6.33 Å². The molecule has 0 saturated heterocycles. The smallest absolute Gasteiger partial charge is 0.138 e. The van der Waals surface area contributed by atoms with Crippen molar-refractivity contribution >= 4 is 11.6 Å². The first-order valence-electron chi connectivity index (χ1n) is 6.12. The molecule has 0 bridgehead atoms. The Bertz CT molecular complexity index is 346. The maximum absolute atomic E-state index is 6.13. The van der Waals surface area contributed by atoms with Gasteiger partial charge in [-0.3, -0.25) is 4.68 Å². The molecular weight excluding hydrogens is 222 g/mol. The average molecular weight is 242 g/mol. The second kappa shape index (κ2) is 4.74. The Balaban J connectivity index is 2.09. The third-order valence-corrected chi connectivity index (χ3v) is 4.17. The quantitative estimate of drug-likeness (QED) is 0.717. The van der Waals surface area contributed by atoms with Crippen molar-refractivity contribution in [1.82, 2.24) is 14.8 Å². The van der Waals surface area contributed by atoms with Crippen LogP contribution in [0.4, 0.5) is 0 Å². The topological polar surface area (TPSA) is 30.7 Å². The van der Waals surface area contributed by atoms with Gasteiger partial charge in [0.25, 0.3) is 0 Å². The maximum atomic E-state index is 6.13. The summed E-state index contributed by atoms with van der Waals surface area (Å²) in [5.41, 5.74) is 0.208. The minimum Gasteiger partial charge on any atom is -0.250 e. The molecule has 2 rings (SSSR count). The summed E-state index contributed by atoms with van der Waals surface area (Å²) in [6.45, 7) is 5.40. The van der Waals surface area contributed by atoms with Crippen molar-refractivity contribution in [1.29, 1.82) is 0 Å². The van der Waals surface area contributed by atoms with E-state index >= 15 is 0 Å². The van der Waals surface area contributed by atoms with Gasteiger partial charge in [-0.1, -0.05) is 13.8 Å². The molecule has 90 valence electrons. The van der Waals surface area contributed by atoms with Gasteiger partial charge < -0.3 is 0 Å². The van der Waals surface area contributed by atoms with Crippen LogP contribution in [-0.2, 0) is 13.0 Å². The number of aryl methyl sites for hydroxylation is 1. The first kappa shape index (κ1) is 11.9. The third-order valence-electron chi connectivity index (χ3n) is 3.56. The summed E-state index contributed by atoms with van der Waals surface area (Å²) in [6, 6.07) is 0. The van der Waals surface area contributed by atoms with Crippen molar-refractivity contribution in [2.45, 2.75) is 46.1 Å². The van der Waals surface area contributed by atoms with Crippen LogP contribution in [0.5, 0.6) is 0 Å². The highest BCUT2D eigenvalue weighted by Crippen LogP contribution is 2.47. The summed E-state index contributed by atoms with van der Waals surface area (Å²) in [6.07, 6.45) is 6.36. The number of hydrogen-bond donors (Lipinski definition) is 0. The molecule has 1 aromatic rings. The van der Waals surface area contributed by atoms with Crippen molar-refractivity contribution in [3.63, 3.8) is 0 Å². The monoisotopic (exact) mass is 241 g/mol. The van der Waals surface area contributed by atoms with E-state index in [9.17, 15) is 0 Å². The maximum Gasteiger partial charge on any atom is 0.138 e. The predicted octanol–water partition coefficient (Wildman–Crippen LogP) is 2.89. The highest BCUT2D eigenvalue weighted by molar-refractivity contribution is 6.18. The van der Waals surface area contributed by atoms with Crippen LogP contribution in [0, 0.1) is 11.3 Å². The number of nitrogens with zero attached hydrogens (tertiary/aromatic N) is 3. The molecule has 0 aliphatic heterocycles. The fourth-order valence-electron chi connectivity index (χ4n) is 2.27. The van der Waals surface area contributed by atoms with Gasteiger partial charge in [0, 0.05) is 18.8 Å². The third kappa shape index (κ3) is 2.40. The van der Waals surface area contributed by atoms with Gasteiger partial charge in [-0.25, -0.2) is 4.98 Å². The minimum absolute atomic E-state index is 0.208. The van der Waals surface area contributed by atoms with Crippen LogP contribution in [0.1, 0.15) is 38.9 Å². The lowest BCUT2D eigenvalue weighted by molar-refractivity contribution is 0.299. The molecule has 0 amide bonds. The molecule has 0 aromatic carbocycles. The number of hydrogen-bond acceptors (Lipinski definition) is 2. The zero-order valence-corrected chi connectivity index (χ0v) is 10.9. The first-order valence-corrected chi connectivity index (χ1v) is 6.65. The van der Waals surface area contributed by atoms with E-state index in [0.29, 0.717) is 0 Å². The van der Waals surface area contributed by atoms with E-state index in [1.807, 2.05) is 4.68 Å². The summed E-state index contributed by atoms with van der Waals surface area (Å²) in [5.74, 6) is 2.60. The highest BCUT2D eigenvalue weighted by Gasteiger charge is 2.41. The molecule has 3 nitrogen and oxygen atoms in total. The minimum atomic E-state index is 0.208. The Hall–Kier alpha value is -0.570. The Morgan fingerprint density at radius 1 is 1.56 bits per heavy atom. The molecule has 0 N–H and O–H groups in total. The lowest BCUT2D eigenvalue weighted by Crippen LogP contribution is -2.26. The predicted molar refractivity (Wildman–Crippen MR) is 65.6 cm³/mol. The van der Waals surface area contributed by atoms with E-state index < -0.39 is 0 Å². The molecule has 1 aliphatic rings.